The van der Waals surface area contributed by atoms with Crippen LogP contribution in [0.3, 0.4) is 0 Å². The van der Waals surface area contributed by atoms with E-state index in [0.29, 0.717) is 11.2 Å². The molecule has 7 heteroatoms. The molecule has 0 saturated heterocycles. The van der Waals surface area contributed by atoms with Gasteiger partial charge < -0.3 is 15.6 Å². The summed E-state index contributed by atoms with van der Waals surface area (Å²) >= 11 is 0. The number of aryl methyl sites for hydroxylation is 2. The number of fused-ring (bicyclic) bond motifs is 2. The number of benzene rings is 2. The number of nitrogens with one attached hydrogen (secondary N) is 1. The van der Waals surface area contributed by atoms with Crippen molar-refractivity contribution < 1.29 is 4.79 Å². The van der Waals surface area contributed by atoms with Crippen molar-refractivity contribution >= 4 is 28.4 Å². The minimum absolute atomic E-state index is 0.0950. The Balaban J connectivity index is 1.51. The second-order valence-corrected chi connectivity index (χ2v) is 8.18. The maximum absolute atomic E-state index is 13.2. The van der Waals surface area contributed by atoms with E-state index in [1.165, 1.54) is 5.56 Å². The zero-order valence-corrected chi connectivity index (χ0v) is 18.2. The maximum Gasteiger partial charge on any atom is 0.253 e. The van der Waals surface area contributed by atoms with Crippen LogP contribution in [-0.4, -0.2) is 25.1 Å². The molecule has 0 radical (unpaired) electrons. The first-order valence-corrected chi connectivity index (χ1v) is 10.5. The van der Waals surface area contributed by atoms with Gasteiger partial charge in [0.1, 0.15) is 0 Å². The van der Waals surface area contributed by atoms with E-state index in [1.807, 2.05) is 73.4 Å². The Bertz CT molecular complexity index is 1480. The van der Waals surface area contributed by atoms with Gasteiger partial charge in [-0.3, -0.25) is 4.79 Å². The van der Waals surface area contributed by atoms with Crippen LogP contribution < -0.4 is 11.1 Å². The van der Waals surface area contributed by atoms with Crippen LogP contribution in [0.15, 0.2) is 67.0 Å². The highest BCUT2D eigenvalue weighted by Crippen LogP contribution is 2.29. The van der Waals surface area contributed by atoms with Gasteiger partial charge in [-0.2, -0.15) is 4.98 Å². The molecular weight excluding hydrogens is 400 g/mol. The lowest BCUT2D eigenvalue weighted by Gasteiger charge is -2.14. The Kier molecular flexibility index (Phi) is 4.66. The Labute approximate surface area is 185 Å². The summed E-state index contributed by atoms with van der Waals surface area (Å²) in [5, 5.41) is 8.17. The van der Waals surface area contributed by atoms with Crippen molar-refractivity contribution in [1.82, 2.24) is 24.5 Å². The molecule has 3 aromatic heterocycles. The summed E-state index contributed by atoms with van der Waals surface area (Å²) < 4.78 is 3.62. The molecular formula is C25H24N6O. The number of anilines is 1. The van der Waals surface area contributed by atoms with Crippen molar-refractivity contribution in [2.45, 2.75) is 19.9 Å². The van der Waals surface area contributed by atoms with Gasteiger partial charge in [0.05, 0.1) is 11.6 Å². The molecule has 0 unspecified atom stereocenters. The smallest absolute Gasteiger partial charge is 0.253 e. The van der Waals surface area contributed by atoms with Gasteiger partial charge in [-0.15, -0.1) is 5.10 Å². The molecule has 7 nitrogen and oxygen atoms in total. The SMILES string of the molecule is Cc1cccc([C@H](C)NC(=O)c2cn(C)c3ccc(-c4ccn5nc(N)nc5c4)cc23)c1. The highest BCUT2D eigenvalue weighted by Gasteiger charge is 2.17. The van der Waals surface area contributed by atoms with Crippen LogP contribution in [0.25, 0.3) is 27.7 Å². The predicted octanol–water partition coefficient (Wildman–Crippen LogP) is 4.27. The molecule has 1 atom stereocenters. The Morgan fingerprint density at radius 3 is 2.72 bits per heavy atom. The maximum atomic E-state index is 13.2. The lowest BCUT2D eigenvalue weighted by atomic mass is 10.0. The molecule has 0 aliphatic heterocycles. The lowest BCUT2D eigenvalue weighted by molar-refractivity contribution is 0.0941. The highest BCUT2D eigenvalue weighted by atomic mass is 16.1. The topological polar surface area (TPSA) is 90.2 Å². The minimum Gasteiger partial charge on any atom is -0.366 e. The first kappa shape index (κ1) is 19.8. The molecule has 3 heterocycles. The summed E-state index contributed by atoms with van der Waals surface area (Å²) in [6.45, 7) is 4.05. The lowest BCUT2D eigenvalue weighted by Crippen LogP contribution is -2.26. The largest absolute Gasteiger partial charge is 0.366 e. The van der Waals surface area contributed by atoms with E-state index in [9.17, 15) is 4.79 Å². The van der Waals surface area contributed by atoms with Gasteiger partial charge in [0.2, 0.25) is 5.95 Å². The van der Waals surface area contributed by atoms with E-state index in [2.05, 4.69) is 34.5 Å². The second-order valence-electron chi connectivity index (χ2n) is 8.18. The molecule has 32 heavy (non-hydrogen) atoms. The Morgan fingerprint density at radius 2 is 1.91 bits per heavy atom. The summed E-state index contributed by atoms with van der Waals surface area (Å²) in [6.07, 6.45) is 3.72. The van der Waals surface area contributed by atoms with Gasteiger partial charge >= 0.3 is 0 Å². The number of hydrogen-bond acceptors (Lipinski definition) is 4. The summed E-state index contributed by atoms with van der Waals surface area (Å²) in [5.41, 5.74) is 12.3. The summed E-state index contributed by atoms with van der Waals surface area (Å²) in [4.78, 5) is 17.4. The fourth-order valence-corrected chi connectivity index (χ4v) is 4.13. The van der Waals surface area contributed by atoms with Crippen LogP contribution in [0.1, 0.15) is 34.5 Å². The van der Waals surface area contributed by atoms with Crippen LogP contribution in [0.2, 0.25) is 0 Å². The van der Waals surface area contributed by atoms with Crippen molar-refractivity contribution in [3.63, 3.8) is 0 Å². The molecule has 1 amide bonds. The second kappa shape index (κ2) is 7.53. The van der Waals surface area contributed by atoms with Gasteiger partial charge in [0.25, 0.3) is 5.91 Å². The molecule has 0 aliphatic carbocycles. The van der Waals surface area contributed by atoms with E-state index in [0.717, 1.165) is 27.6 Å². The average molecular weight is 425 g/mol. The number of pyridine rings is 1. The number of nitrogens with zero attached hydrogens (tertiary/aromatic N) is 4. The first-order valence-electron chi connectivity index (χ1n) is 10.5. The Hall–Kier alpha value is -4.13. The number of carbonyl (C=O) groups excluding carboxylic acids is 1. The van der Waals surface area contributed by atoms with Gasteiger partial charge in [0.15, 0.2) is 5.65 Å². The highest BCUT2D eigenvalue weighted by molar-refractivity contribution is 6.08. The van der Waals surface area contributed by atoms with E-state index in [1.54, 1.807) is 4.52 Å². The summed E-state index contributed by atoms with van der Waals surface area (Å²) in [5.74, 6) is 0.143. The zero-order chi connectivity index (χ0) is 22.4. The van der Waals surface area contributed by atoms with E-state index >= 15 is 0 Å². The van der Waals surface area contributed by atoms with E-state index in [4.69, 9.17) is 5.73 Å². The van der Waals surface area contributed by atoms with Crippen molar-refractivity contribution in [3.8, 4) is 11.1 Å². The molecule has 5 aromatic rings. The molecule has 0 saturated carbocycles. The third-order valence-electron chi connectivity index (χ3n) is 5.81. The molecule has 0 aliphatic rings. The van der Waals surface area contributed by atoms with Crippen molar-refractivity contribution in [1.29, 1.82) is 0 Å². The van der Waals surface area contributed by atoms with Crippen LogP contribution in [0, 0.1) is 6.92 Å². The first-order chi connectivity index (χ1) is 15.4. The number of rotatable bonds is 4. The van der Waals surface area contributed by atoms with Crippen molar-refractivity contribution in [2.24, 2.45) is 7.05 Å². The zero-order valence-electron chi connectivity index (χ0n) is 18.2. The summed E-state index contributed by atoms with van der Waals surface area (Å²) in [6, 6.07) is 18.1. The standard InChI is InChI=1S/C25H24N6O/c1-15-5-4-6-17(11-15)16(2)27-24(32)21-14-30(3)22-8-7-18(12-20(21)22)19-9-10-31-23(13-19)28-25(26)29-31/h4-14,16H,1-3H3,(H2,26,29)(H,27,32)/t16-/m0/s1. The Morgan fingerprint density at radius 1 is 1.09 bits per heavy atom. The van der Waals surface area contributed by atoms with Crippen LogP contribution in [-0.2, 0) is 7.05 Å². The van der Waals surface area contributed by atoms with E-state index in [-0.39, 0.29) is 17.9 Å². The quantitative estimate of drug-likeness (QED) is 0.451. The predicted molar refractivity (Wildman–Crippen MR) is 126 cm³/mol. The third-order valence-corrected chi connectivity index (χ3v) is 5.81. The van der Waals surface area contributed by atoms with Crippen LogP contribution >= 0.6 is 0 Å². The molecule has 160 valence electrons. The van der Waals surface area contributed by atoms with Gasteiger partial charge in [0, 0.05) is 30.3 Å². The number of carbonyl (C=O) groups is 1. The van der Waals surface area contributed by atoms with E-state index < -0.39 is 0 Å². The number of nitrogens with two attached hydrogens (primary N) is 1. The van der Waals surface area contributed by atoms with Crippen LogP contribution in [0.4, 0.5) is 5.95 Å². The minimum atomic E-state index is -0.0957. The number of hydrogen-bond donors (Lipinski definition) is 2. The van der Waals surface area contributed by atoms with Gasteiger partial charge in [-0.1, -0.05) is 35.9 Å². The van der Waals surface area contributed by atoms with Crippen LogP contribution in [0.5, 0.6) is 0 Å². The fourth-order valence-electron chi connectivity index (χ4n) is 4.13. The number of aromatic nitrogens is 4. The van der Waals surface area contributed by atoms with Gasteiger partial charge in [-0.05, 0) is 54.8 Å². The van der Waals surface area contributed by atoms with Gasteiger partial charge in [-0.25, -0.2) is 4.52 Å². The molecule has 0 bridgehead atoms. The van der Waals surface area contributed by atoms with Crippen molar-refractivity contribution in [3.05, 3.63) is 83.7 Å². The fraction of sp³-hybridized carbons (Fsp3) is 0.160. The van der Waals surface area contributed by atoms with Crippen molar-refractivity contribution in [2.75, 3.05) is 5.73 Å². The third kappa shape index (κ3) is 3.47. The average Bonchev–Trinajstić information content (AvgIpc) is 3.31. The number of nitrogen functional groups attached to an aromatic ring is 1. The molecule has 3 N–H and O–H groups in total. The monoisotopic (exact) mass is 424 g/mol. The number of amides is 1. The summed E-state index contributed by atoms with van der Waals surface area (Å²) in [7, 11) is 1.95. The molecule has 5 rings (SSSR count). The molecule has 0 spiro atoms. The molecule has 0 fully saturated rings. The normalized spacial score (nSPS) is 12.3. The molecule has 2 aromatic carbocycles.